The molecule has 0 N–H and O–H groups in total. The third-order valence-corrected chi connectivity index (χ3v) is 3.47. The molecule has 0 aromatic heterocycles. The fraction of sp³-hybridized carbons (Fsp3) is 0.278. The van der Waals surface area contributed by atoms with Crippen LogP contribution in [-0.4, -0.2) is 12.9 Å². The molecule has 0 atom stereocenters. The van der Waals surface area contributed by atoms with Crippen molar-refractivity contribution >= 4 is 5.78 Å². The number of ether oxygens (including phenoxy) is 1. The predicted octanol–water partition coefficient (Wildman–Crippen LogP) is 4.27. The van der Waals surface area contributed by atoms with E-state index in [1.165, 1.54) is 11.1 Å². The number of benzene rings is 2. The molecular weight excluding hydrogens is 248 g/mol. The maximum absolute atomic E-state index is 11.5. The normalized spacial score (nSPS) is 10.3. The van der Waals surface area contributed by atoms with E-state index in [-0.39, 0.29) is 0 Å². The first-order valence-corrected chi connectivity index (χ1v) is 6.98. The van der Waals surface area contributed by atoms with Crippen LogP contribution in [0.4, 0.5) is 0 Å². The number of aryl methyl sites for hydroxylation is 1. The molecular formula is C18H20O2. The first-order chi connectivity index (χ1) is 9.74. The molecule has 0 amide bonds. The molecule has 2 aromatic carbocycles. The van der Waals surface area contributed by atoms with Gasteiger partial charge in [-0.2, -0.15) is 0 Å². The van der Waals surface area contributed by atoms with E-state index in [9.17, 15) is 4.79 Å². The van der Waals surface area contributed by atoms with Crippen LogP contribution in [0.3, 0.4) is 0 Å². The van der Waals surface area contributed by atoms with Crippen molar-refractivity contribution < 1.29 is 9.53 Å². The van der Waals surface area contributed by atoms with E-state index in [2.05, 4.69) is 18.2 Å². The molecule has 104 valence electrons. The lowest BCUT2D eigenvalue weighted by atomic mass is 9.95. The summed E-state index contributed by atoms with van der Waals surface area (Å²) in [6.07, 6.45) is 2.01. The molecule has 0 spiro atoms. The van der Waals surface area contributed by atoms with Crippen molar-refractivity contribution in [1.29, 1.82) is 0 Å². The molecule has 0 aliphatic rings. The summed E-state index contributed by atoms with van der Waals surface area (Å²) in [7, 11) is 1.67. The summed E-state index contributed by atoms with van der Waals surface area (Å²) in [4.78, 5) is 11.5. The molecule has 0 radical (unpaired) electrons. The SMILES string of the molecule is CCC(=O)CCc1ccccc1-c1cccc(OC)c1. The number of hydrogen-bond acceptors (Lipinski definition) is 2. The number of carbonyl (C=O) groups excluding carboxylic acids is 1. The van der Waals surface area contributed by atoms with E-state index in [4.69, 9.17) is 4.74 Å². The summed E-state index contributed by atoms with van der Waals surface area (Å²) in [6.45, 7) is 1.91. The summed E-state index contributed by atoms with van der Waals surface area (Å²) >= 11 is 0. The van der Waals surface area contributed by atoms with Crippen LogP contribution in [0, 0.1) is 0 Å². The standard InChI is InChI=1S/C18H20O2/c1-3-16(19)12-11-14-7-4-5-10-18(14)15-8-6-9-17(13-15)20-2/h4-10,13H,3,11-12H2,1-2H3. The number of rotatable bonds is 6. The maximum atomic E-state index is 11.5. The Morgan fingerprint density at radius 3 is 2.65 bits per heavy atom. The van der Waals surface area contributed by atoms with Crippen LogP contribution in [0.25, 0.3) is 11.1 Å². The second-order valence-electron chi connectivity index (χ2n) is 4.78. The number of ketones is 1. The number of carbonyl (C=O) groups is 1. The molecule has 20 heavy (non-hydrogen) atoms. The van der Waals surface area contributed by atoms with E-state index >= 15 is 0 Å². The van der Waals surface area contributed by atoms with Gasteiger partial charge < -0.3 is 4.74 Å². The van der Waals surface area contributed by atoms with Gasteiger partial charge in [0.15, 0.2) is 0 Å². The van der Waals surface area contributed by atoms with Gasteiger partial charge in [0.1, 0.15) is 11.5 Å². The Kier molecular flexibility index (Phi) is 4.94. The Morgan fingerprint density at radius 1 is 1.10 bits per heavy atom. The smallest absolute Gasteiger partial charge is 0.132 e. The lowest BCUT2D eigenvalue weighted by Gasteiger charge is -2.10. The zero-order valence-corrected chi connectivity index (χ0v) is 12.1. The van der Waals surface area contributed by atoms with Gasteiger partial charge in [-0.05, 0) is 35.2 Å². The van der Waals surface area contributed by atoms with E-state index in [0.29, 0.717) is 18.6 Å². The molecule has 0 fully saturated rings. The van der Waals surface area contributed by atoms with Gasteiger partial charge in [0.25, 0.3) is 0 Å². The van der Waals surface area contributed by atoms with Gasteiger partial charge in [-0.1, -0.05) is 43.3 Å². The molecule has 0 saturated carbocycles. The van der Waals surface area contributed by atoms with Crippen molar-refractivity contribution in [3.63, 3.8) is 0 Å². The first kappa shape index (κ1) is 14.3. The maximum Gasteiger partial charge on any atom is 0.132 e. The number of Topliss-reactive ketones (excluding diaryl/α,β-unsaturated/α-hetero) is 1. The van der Waals surface area contributed by atoms with E-state index in [0.717, 1.165) is 17.7 Å². The van der Waals surface area contributed by atoms with Crippen molar-refractivity contribution in [2.24, 2.45) is 0 Å². The molecule has 0 unspecified atom stereocenters. The summed E-state index contributed by atoms with van der Waals surface area (Å²) in [5.41, 5.74) is 3.52. The zero-order chi connectivity index (χ0) is 14.4. The van der Waals surface area contributed by atoms with Crippen LogP contribution in [0.15, 0.2) is 48.5 Å². The van der Waals surface area contributed by atoms with Crippen molar-refractivity contribution in [2.75, 3.05) is 7.11 Å². The van der Waals surface area contributed by atoms with E-state index in [1.807, 2.05) is 37.3 Å². The Bertz CT molecular complexity index is 587. The zero-order valence-electron chi connectivity index (χ0n) is 12.1. The minimum absolute atomic E-state index is 0.311. The van der Waals surface area contributed by atoms with Crippen LogP contribution in [0.2, 0.25) is 0 Å². The predicted molar refractivity (Wildman–Crippen MR) is 82.0 cm³/mol. The lowest BCUT2D eigenvalue weighted by molar-refractivity contribution is -0.118. The topological polar surface area (TPSA) is 26.3 Å². The highest BCUT2D eigenvalue weighted by Crippen LogP contribution is 2.27. The Labute approximate surface area is 120 Å². The second-order valence-corrected chi connectivity index (χ2v) is 4.78. The fourth-order valence-corrected chi connectivity index (χ4v) is 2.26. The van der Waals surface area contributed by atoms with Crippen LogP contribution in [-0.2, 0) is 11.2 Å². The Balaban J connectivity index is 2.29. The van der Waals surface area contributed by atoms with Gasteiger partial charge in [-0.3, -0.25) is 4.79 Å². The quantitative estimate of drug-likeness (QED) is 0.782. The average molecular weight is 268 g/mol. The van der Waals surface area contributed by atoms with E-state index < -0.39 is 0 Å². The highest BCUT2D eigenvalue weighted by atomic mass is 16.5. The van der Waals surface area contributed by atoms with Gasteiger partial charge in [0.05, 0.1) is 7.11 Å². The third kappa shape index (κ3) is 3.47. The Hall–Kier alpha value is -2.09. The van der Waals surface area contributed by atoms with Crippen molar-refractivity contribution in [1.82, 2.24) is 0 Å². The molecule has 2 heteroatoms. The summed E-state index contributed by atoms with van der Waals surface area (Å²) in [6, 6.07) is 16.3. The van der Waals surface area contributed by atoms with Gasteiger partial charge in [0, 0.05) is 12.8 Å². The van der Waals surface area contributed by atoms with Gasteiger partial charge >= 0.3 is 0 Å². The summed E-state index contributed by atoms with van der Waals surface area (Å²) < 4.78 is 5.28. The molecule has 0 bridgehead atoms. The van der Waals surface area contributed by atoms with Crippen LogP contribution < -0.4 is 4.74 Å². The Morgan fingerprint density at radius 2 is 1.90 bits per heavy atom. The van der Waals surface area contributed by atoms with E-state index in [1.54, 1.807) is 7.11 Å². The average Bonchev–Trinajstić information content (AvgIpc) is 2.52. The number of hydrogen-bond donors (Lipinski definition) is 0. The molecule has 0 saturated heterocycles. The first-order valence-electron chi connectivity index (χ1n) is 6.98. The van der Waals surface area contributed by atoms with Gasteiger partial charge in [-0.15, -0.1) is 0 Å². The highest BCUT2D eigenvalue weighted by Gasteiger charge is 2.07. The highest BCUT2D eigenvalue weighted by molar-refractivity contribution is 5.79. The van der Waals surface area contributed by atoms with Crippen LogP contribution in [0.5, 0.6) is 5.75 Å². The molecule has 2 rings (SSSR count). The third-order valence-electron chi connectivity index (χ3n) is 3.47. The minimum atomic E-state index is 0.311. The molecule has 2 aromatic rings. The van der Waals surface area contributed by atoms with Gasteiger partial charge in [-0.25, -0.2) is 0 Å². The van der Waals surface area contributed by atoms with Crippen LogP contribution in [0.1, 0.15) is 25.3 Å². The summed E-state index contributed by atoms with van der Waals surface area (Å²) in [5.74, 6) is 1.16. The molecule has 2 nitrogen and oxygen atoms in total. The largest absolute Gasteiger partial charge is 0.497 e. The van der Waals surface area contributed by atoms with Crippen molar-refractivity contribution in [3.8, 4) is 16.9 Å². The van der Waals surface area contributed by atoms with Crippen LogP contribution >= 0.6 is 0 Å². The number of methoxy groups -OCH3 is 1. The molecule has 0 heterocycles. The lowest BCUT2D eigenvalue weighted by Crippen LogP contribution is -1.99. The monoisotopic (exact) mass is 268 g/mol. The second kappa shape index (κ2) is 6.90. The minimum Gasteiger partial charge on any atom is -0.497 e. The van der Waals surface area contributed by atoms with Gasteiger partial charge in [0.2, 0.25) is 0 Å². The van der Waals surface area contributed by atoms with Crippen molar-refractivity contribution in [2.45, 2.75) is 26.2 Å². The molecule has 0 aliphatic carbocycles. The fourth-order valence-electron chi connectivity index (χ4n) is 2.26. The summed E-state index contributed by atoms with van der Waals surface area (Å²) in [5, 5.41) is 0. The molecule has 0 aliphatic heterocycles. The van der Waals surface area contributed by atoms with Crippen molar-refractivity contribution in [3.05, 3.63) is 54.1 Å².